The van der Waals surface area contributed by atoms with E-state index in [0.29, 0.717) is 5.82 Å². The number of alkyl halides is 6. The van der Waals surface area contributed by atoms with E-state index in [0.717, 1.165) is 16.8 Å². The number of halogens is 6. The van der Waals surface area contributed by atoms with Crippen molar-refractivity contribution in [1.29, 1.82) is 0 Å². The van der Waals surface area contributed by atoms with Gasteiger partial charge in [0.25, 0.3) is 0 Å². The average Bonchev–Trinajstić information content (AvgIpc) is 2.89. The molecule has 0 radical (unpaired) electrons. The molecule has 0 atom stereocenters. The van der Waals surface area contributed by atoms with Gasteiger partial charge >= 0.3 is 12.5 Å². The number of fused-ring (bicyclic) bond motifs is 1. The van der Waals surface area contributed by atoms with Crippen LogP contribution < -0.4 is 9.64 Å². The summed E-state index contributed by atoms with van der Waals surface area (Å²) in [6.45, 7) is 0.176. The molecule has 12 heteroatoms. The SMILES string of the molecule is FC(F)(F)Oc1ccc(N2CCn3c(nnc3C(F)(F)F)C2)nc1. The summed E-state index contributed by atoms with van der Waals surface area (Å²) in [4.78, 5) is 5.42. The lowest BCUT2D eigenvalue weighted by Crippen LogP contribution is -2.35. The lowest BCUT2D eigenvalue weighted by molar-refractivity contribution is -0.274. The second-order valence-corrected chi connectivity index (χ2v) is 4.91. The highest BCUT2D eigenvalue weighted by atomic mass is 19.4. The summed E-state index contributed by atoms with van der Waals surface area (Å²) in [5.41, 5.74) is 0. The number of pyridine rings is 1. The van der Waals surface area contributed by atoms with Gasteiger partial charge in [-0.05, 0) is 12.1 Å². The second-order valence-electron chi connectivity index (χ2n) is 4.91. The van der Waals surface area contributed by atoms with Gasteiger partial charge in [-0.25, -0.2) is 4.98 Å². The van der Waals surface area contributed by atoms with Gasteiger partial charge in [0.1, 0.15) is 11.6 Å². The van der Waals surface area contributed by atoms with Crippen molar-refractivity contribution in [2.24, 2.45) is 0 Å². The van der Waals surface area contributed by atoms with Crippen LogP contribution in [0.2, 0.25) is 0 Å². The minimum atomic E-state index is -4.82. The molecular weight excluding hydrogens is 344 g/mol. The lowest BCUT2D eigenvalue weighted by Gasteiger charge is -2.28. The first-order valence-electron chi connectivity index (χ1n) is 6.59. The molecule has 2 aromatic rings. The van der Waals surface area contributed by atoms with E-state index in [1.54, 1.807) is 4.90 Å². The number of hydrogen-bond donors (Lipinski definition) is 0. The molecule has 0 fully saturated rings. The molecule has 1 aliphatic rings. The Balaban J connectivity index is 1.75. The summed E-state index contributed by atoms with van der Waals surface area (Å²) in [6, 6.07) is 2.37. The Morgan fingerprint density at radius 3 is 2.33 bits per heavy atom. The van der Waals surface area contributed by atoms with Crippen molar-refractivity contribution >= 4 is 5.82 Å². The Bertz CT molecular complexity index is 723. The molecule has 1 aliphatic heterocycles. The highest BCUT2D eigenvalue weighted by Crippen LogP contribution is 2.30. The molecule has 0 aromatic carbocycles. The molecule has 0 aliphatic carbocycles. The monoisotopic (exact) mass is 353 g/mol. The molecule has 0 unspecified atom stereocenters. The molecule has 24 heavy (non-hydrogen) atoms. The Kier molecular flexibility index (Phi) is 3.76. The Morgan fingerprint density at radius 1 is 1.00 bits per heavy atom. The fourth-order valence-corrected chi connectivity index (χ4v) is 2.32. The number of aromatic nitrogens is 4. The quantitative estimate of drug-likeness (QED) is 0.777. The molecule has 0 saturated heterocycles. The van der Waals surface area contributed by atoms with Gasteiger partial charge in [-0.3, -0.25) is 0 Å². The molecule has 0 N–H and O–H groups in total. The first kappa shape index (κ1) is 16.3. The van der Waals surface area contributed by atoms with Crippen molar-refractivity contribution in [3.8, 4) is 5.75 Å². The highest BCUT2D eigenvalue weighted by molar-refractivity contribution is 5.41. The number of anilines is 1. The fourth-order valence-electron chi connectivity index (χ4n) is 2.32. The zero-order valence-electron chi connectivity index (χ0n) is 11.8. The van der Waals surface area contributed by atoms with Crippen molar-refractivity contribution in [3.05, 3.63) is 30.0 Å². The topological polar surface area (TPSA) is 56.1 Å². The molecule has 0 saturated carbocycles. The van der Waals surface area contributed by atoms with E-state index in [2.05, 4.69) is 19.9 Å². The third-order valence-corrected chi connectivity index (χ3v) is 3.29. The summed E-state index contributed by atoms with van der Waals surface area (Å²) in [7, 11) is 0. The van der Waals surface area contributed by atoms with Crippen LogP contribution in [0.15, 0.2) is 18.3 Å². The number of ether oxygens (including phenoxy) is 1. The molecule has 0 spiro atoms. The van der Waals surface area contributed by atoms with Crippen LogP contribution in [0.1, 0.15) is 11.6 Å². The smallest absolute Gasteiger partial charge is 0.404 e. The van der Waals surface area contributed by atoms with Gasteiger partial charge in [0.2, 0.25) is 5.82 Å². The first-order valence-corrected chi connectivity index (χ1v) is 6.59. The van der Waals surface area contributed by atoms with Gasteiger partial charge in [-0.2, -0.15) is 13.2 Å². The van der Waals surface area contributed by atoms with Crippen LogP contribution in [-0.4, -0.2) is 32.7 Å². The van der Waals surface area contributed by atoms with E-state index in [-0.39, 0.29) is 25.5 Å². The Labute approximate surface area is 130 Å². The molecule has 6 nitrogen and oxygen atoms in total. The van der Waals surface area contributed by atoms with E-state index in [1.165, 1.54) is 6.07 Å². The van der Waals surface area contributed by atoms with Crippen molar-refractivity contribution in [2.45, 2.75) is 25.6 Å². The summed E-state index contributed by atoms with van der Waals surface area (Å²) < 4.78 is 79.2. The third-order valence-electron chi connectivity index (χ3n) is 3.29. The van der Waals surface area contributed by atoms with Crippen molar-refractivity contribution in [2.75, 3.05) is 11.4 Å². The molecule has 0 amide bonds. The standard InChI is InChI=1S/C12H9F6N5O/c13-11(14,15)10-21-20-9-6-22(3-4-23(9)10)8-2-1-7(5-19-8)24-12(16,17)18/h1-2,5H,3-4,6H2. The maximum Gasteiger partial charge on any atom is 0.573 e. The number of nitrogens with zero attached hydrogens (tertiary/aromatic N) is 5. The first-order chi connectivity index (χ1) is 11.1. The predicted molar refractivity (Wildman–Crippen MR) is 67.0 cm³/mol. The largest absolute Gasteiger partial charge is 0.573 e. The van der Waals surface area contributed by atoms with Crippen LogP contribution >= 0.6 is 0 Å². The predicted octanol–water partition coefficient (Wildman–Crippen LogP) is 2.61. The number of rotatable bonds is 2. The van der Waals surface area contributed by atoms with Crippen LogP contribution in [0.5, 0.6) is 5.75 Å². The van der Waals surface area contributed by atoms with Crippen LogP contribution in [0.4, 0.5) is 32.2 Å². The average molecular weight is 353 g/mol. The van der Waals surface area contributed by atoms with Gasteiger partial charge in [0.05, 0.1) is 12.7 Å². The molecule has 2 aromatic heterocycles. The second kappa shape index (κ2) is 5.53. The van der Waals surface area contributed by atoms with E-state index in [1.807, 2.05) is 0 Å². The van der Waals surface area contributed by atoms with Crippen molar-refractivity contribution in [3.63, 3.8) is 0 Å². The molecule has 0 bridgehead atoms. The van der Waals surface area contributed by atoms with Gasteiger partial charge in [-0.15, -0.1) is 23.4 Å². The van der Waals surface area contributed by atoms with Gasteiger partial charge < -0.3 is 14.2 Å². The van der Waals surface area contributed by atoms with Crippen LogP contribution in [0.25, 0.3) is 0 Å². The zero-order valence-corrected chi connectivity index (χ0v) is 11.8. The van der Waals surface area contributed by atoms with Gasteiger partial charge in [0, 0.05) is 13.1 Å². The minimum Gasteiger partial charge on any atom is -0.404 e. The van der Waals surface area contributed by atoms with E-state index in [4.69, 9.17) is 0 Å². The van der Waals surface area contributed by atoms with Gasteiger partial charge in [-0.1, -0.05) is 0 Å². The Hall–Kier alpha value is -2.53. The molecule has 130 valence electrons. The summed E-state index contributed by atoms with van der Waals surface area (Å²) in [5, 5.41) is 6.66. The summed E-state index contributed by atoms with van der Waals surface area (Å²) >= 11 is 0. The van der Waals surface area contributed by atoms with E-state index >= 15 is 0 Å². The highest BCUT2D eigenvalue weighted by Gasteiger charge is 2.39. The maximum absolute atomic E-state index is 12.8. The van der Waals surface area contributed by atoms with Gasteiger partial charge in [0.15, 0.2) is 5.82 Å². The molecule has 3 rings (SSSR count). The van der Waals surface area contributed by atoms with Crippen molar-refractivity contribution < 1.29 is 31.1 Å². The maximum atomic E-state index is 12.8. The minimum absolute atomic E-state index is 0.00948. The van der Waals surface area contributed by atoms with E-state index in [9.17, 15) is 26.3 Å². The van der Waals surface area contributed by atoms with Crippen molar-refractivity contribution in [1.82, 2.24) is 19.7 Å². The molecular formula is C12H9F6N5O. The van der Waals surface area contributed by atoms with Crippen LogP contribution in [0, 0.1) is 0 Å². The summed E-state index contributed by atoms with van der Waals surface area (Å²) in [6.07, 6.45) is -8.52. The van der Waals surface area contributed by atoms with E-state index < -0.39 is 24.1 Å². The van der Waals surface area contributed by atoms with Crippen LogP contribution in [0.3, 0.4) is 0 Å². The third kappa shape index (κ3) is 3.36. The fraction of sp³-hybridized carbons (Fsp3) is 0.417. The van der Waals surface area contributed by atoms with Crippen LogP contribution in [-0.2, 0) is 19.3 Å². The summed E-state index contributed by atoms with van der Waals surface area (Å²) in [5.74, 6) is -1.15. The lowest BCUT2D eigenvalue weighted by atomic mass is 10.3. The molecule has 3 heterocycles. The number of hydrogen-bond acceptors (Lipinski definition) is 5. The zero-order chi connectivity index (χ0) is 17.5. The Morgan fingerprint density at radius 2 is 1.75 bits per heavy atom. The normalized spacial score (nSPS) is 15.3.